The number of hydrogen-bond donors (Lipinski definition) is 5. The zero-order valence-electron chi connectivity index (χ0n) is 51.8. The van der Waals surface area contributed by atoms with Crippen LogP contribution in [0.1, 0.15) is 106 Å². The van der Waals surface area contributed by atoms with Crippen molar-refractivity contribution in [3.8, 4) is 23.0 Å². The lowest BCUT2D eigenvalue weighted by atomic mass is 9.93. The highest BCUT2D eigenvalue weighted by molar-refractivity contribution is 6.13. The number of carbonyl (C=O) groups is 8. The third-order valence-corrected chi connectivity index (χ3v) is 17.2. The lowest BCUT2D eigenvalue weighted by molar-refractivity contribution is -0.137. The molecule has 1 aromatic heterocycles. The van der Waals surface area contributed by atoms with Gasteiger partial charge in [-0.2, -0.15) is 0 Å². The minimum absolute atomic E-state index is 0.0167. The van der Waals surface area contributed by atoms with Crippen molar-refractivity contribution >= 4 is 64.5 Å². The molecule has 92 heavy (non-hydrogen) atoms. The second-order valence-corrected chi connectivity index (χ2v) is 23.7. The van der Waals surface area contributed by atoms with E-state index in [1.807, 2.05) is 47.4 Å². The highest BCUT2D eigenvalue weighted by atomic mass is 16.6. The van der Waals surface area contributed by atoms with E-state index in [0.29, 0.717) is 77.7 Å². The number of hydrogen-bond acceptors (Lipinski definition) is 16. The van der Waals surface area contributed by atoms with Crippen molar-refractivity contribution in [2.45, 2.75) is 123 Å². The molecule has 11 rings (SSSR count). The van der Waals surface area contributed by atoms with E-state index >= 15 is 0 Å². The third-order valence-electron chi connectivity index (χ3n) is 17.2. The van der Waals surface area contributed by atoms with E-state index in [9.17, 15) is 43.5 Å². The van der Waals surface area contributed by atoms with Crippen molar-refractivity contribution in [1.82, 2.24) is 30.3 Å². The highest BCUT2D eigenvalue weighted by Crippen LogP contribution is 2.43. The van der Waals surface area contributed by atoms with Crippen LogP contribution in [0.4, 0.5) is 21.9 Å². The van der Waals surface area contributed by atoms with Gasteiger partial charge in [-0.25, -0.2) is 9.69 Å². The SMILES string of the molecule is COc1cc2c(cc1OCc1cccc(COc3cc4c(cc3OC)C(=O)N3Cc5ccccc5CC3C(O)N4C(=O)OCc3ccc(NC(=O)[C@H](C)NC(=O)[C@@H](NC(=O)CCCCCN4C(=O)C=CC4=O)C(C)C)cc3)n1)NC[C@@H]1Cc3ccccc3CN1C2=O. The summed E-state index contributed by atoms with van der Waals surface area (Å²) in [4.78, 5) is 117. The van der Waals surface area contributed by atoms with Crippen LogP contribution in [0, 0.1) is 5.92 Å². The Morgan fingerprint density at radius 3 is 1.91 bits per heavy atom. The summed E-state index contributed by atoms with van der Waals surface area (Å²) in [7, 11) is 2.95. The minimum atomic E-state index is -1.59. The monoisotopic (exact) mass is 1250 g/mol. The highest BCUT2D eigenvalue weighted by Gasteiger charge is 2.46. The Kier molecular flexibility index (Phi) is 19.2. The molecule has 0 aliphatic carbocycles. The minimum Gasteiger partial charge on any atom is -0.493 e. The van der Waals surface area contributed by atoms with Gasteiger partial charge < -0.3 is 59.9 Å². The van der Waals surface area contributed by atoms with Crippen molar-refractivity contribution in [3.05, 3.63) is 178 Å². The number of aliphatic hydroxyl groups is 1. The molecule has 6 aromatic rings. The fraction of sp³-hybridized carbons (Fsp3) is 0.348. The first-order valence-corrected chi connectivity index (χ1v) is 30.8. The number of methoxy groups -OCH3 is 2. The van der Waals surface area contributed by atoms with Gasteiger partial charge >= 0.3 is 6.09 Å². The maximum absolute atomic E-state index is 14.8. The third kappa shape index (κ3) is 13.9. The Morgan fingerprint density at radius 2 is 1.26 bits per heavy atom. The Labute approximate surface area is 532 Å². The summed E-state index contributed by atoms with van der Waals surface area (Å²) in [6, 6.07) is 31.3. The molecular weight excluding hydrogens is 1180 g/mol. The molecule has 23 nitrogen and oxygen atoms in total. The number of anilines is 3. The summed E-state index contributed by atoms with van der Waals surface area (Å²) >= 11 is 0. The Hall–Kier alpha value is -10.3. The van der Waals surface area contributed by atoms with Gasteiger partial charge in [0, 0.05) is 62.6 Å². The summed E-state index contributed by atoms with van der Waals surface area (Å²) in [5.41, 5.74) is 7.34. The zero-order chi connectivity index (χ0) is 64.7. The first-order valence-electron chi connectivity index (χ1n) is 30.8. The second-order valence-electron chi connectivity index (χ2n) is 23.7. The number of fused-ring (bicyclic) bond motifs is 6. The van der Waals surface area contributed by atoms with E-state index in [0.717, 1.165) is 32.9 Å². The molecule has 0 saturated heterocycles. The molecule has 5 aliphatic heterocycles. The number of benzene rings is 5. The molecule has 6 heterocycles. The van der Waals surface area contributed by atoms with Crippen LogP contribution in [0.2, 0.25) is 0 Å². The van der Waals surface area contributed by atoms with Crippen LogP contribution in [0.15, 0.2) is 127 Å². The molecule has 0 fully saturated rings. The Balaban J connectivity index is 0.730. The summed E-state index contributed by atoms with van der Waals surface area (Å²) in [5, 5.41) is 24.1. The number of rotatable bonds is 22. The standard InChI is InChI=1S/C69H73N9O14/c1-40(2)63(74-60(79)20-7-6-12-27-75-61(80)25-26-62(75)81)65(83)71-41(3)64(82)73-47-23-21-42(22-24-47)37-92-69(87)78-54-33-59(57(89-5)31-52(54)67(85)77-36-46-17-11-9-15-44(46)29-55(77)68(78)86)91-39-49-19-13-18-48(72-49)38-90-58-32-53-51(30-56(58)88-4)66(84)76-35-45-16-10-8-14-43(45)28-50(76)34-70-53/h8-11,13-19,21-26,30-33,40-41,50,55,63,68,70,86H,6-7,12,20,27-29,34-39H2,1-5H3,(H,71,83)(H,73,82)(H,74,79)/t41-,50-,55?,63-,68?/m0/s1. The molecule has 0 spiro atoms. The number of ether oxygens (including phenoxy) is 5. The van der Waals surface area contributed by atoms with E-state index < -0.39 is 48.2 Å². The van der Waals surface area contributed by atoms with Crippen molar-refractivity contribution in [3.63, 3.8) is 0 Å². The number of unbranched alkanes of at least 4 members (excludes halogenated alkanes) is 2. The van der Waals surface area contributed by atoms with Crippen LogP contribution in [0.25, 0.3) is 0 Å². The lowest BCUT2D eigenvalue weighted by Gasteiger charge is -2.39. The van der Waals surface area contributed by atoms with Gasteiger partial charge in [-0.05, 0) is 103 Å². The molecule has 0 radical (unpaired) electrons. The Bertz CT molecular complexity index is 3860. The molecule has 8 amide bonds. The van der Waals surface area contributed by atoms with E-state index in [1.54, 1.807) is 67.3 Å². The molecule has 5 atom stereocenters. The number of aromatic nitrogens is 1. The van der Waals surface area contributed by atoms with Crippen LogP contribution in [0.5, 0.6) is 23.0 Å². The smallest absolute Gasteiger partial charge is 0.416 e. The molecule has 23 heteroatoms. The van der Waals surface area contributed by atoms with Gasteiger partial charge in [0.05, 0.1) is 60.2 Å². The van der Waals surface area contributed by atoms with Gasteiger partial charge in [-0.1, -0.05) is 87.0 Å². The second kappa shape index (κ2) is 27.8. The molecule has 0 saturated carbocycles. The number of nitrogens with one attached hydrogen (secondary N) is 4. The first-order chi connectivity index (χ1) is 44.4. The molecule has 2 unspecified atom stereocenters. The lowest BCUT2D eigenvalue weighted by Crippen LogP contribution is -2.55. The number of amides is 8. The van der Waals surface area contributed by atoms with E-state index in [1.165, 1.54) is 51.0 Å². The average molecular weight is 1250 g/mol. The van der Waals surface area contributed by atoms with Gasteiger partial charge in [0.15, 0.2) is 29.2 Å². The van der Waals surface area contributed by atoms with Crippen LogP contribution in [-0.2, 0) is 74.5 Å². The normalized spacial score (nSPS) is 17.7. The fourth-order valence-corrected chi connectivity index (χ4v) is 12.1. The number of nitrogens with zero attached hydrogens (tertiary/aromatic N) is 5. The van der Waals surface area contributed by atoms with Crippen LogP contribution in [-0.4, -0.2) is 130 Å². The number of carbonyl (C=O) groups excluding carboxylic acids is 8. The maximum Gasteiger partial charge on any atom is 0.416 e. The largest absolute Gasteiger partial charge is 0.493 e. The van der Waals surface area contributed by atoms with Crippen molar-refractivity contribution in [2.75, 3.05) is 42.8 Å². The molecule has 0 bridgehead atoms. The number of aliphatic hydroxyl groups excluding tert-OH is 1. The van der Waals surface area contributed by atoms with E-state index in [2.05, 4.69) is 33.4 Å². The van der Waals surface area contributed by atoms with Gasteiger partial charge in [-0.3, -0.25) is 43.4 Å². The molecule has 5 aromatic carbocycles. The molecule has 478 valence electrons. The average Bonchev–Trinajstić information content (AvgIpc) is 1.58. The van der Waals surface area contributed by atoms with Crippen molar-refractivity contribution in [1.29, 1.82) is 0 Å². The molecular formula is C69H73N9O14. The maximum atomic E-state index is 14.8. The predicted molar refractivity (Wildman–Crippen MR) is 337 cm³/mol. The van der Waals surface area contributed by atoms with Crippen LogP contribution < -0.4 is 45.1 Å². The summed E-state index contributed by atoms with van der Waals surface area (Å²) in [6.07, 6.45) is 2.61. The van der Waals surface area contributed by atoms with Crippen molar-refractivity contribution in [2.24, 2.45) is 5.92 Å². The Morgan fingerprint density at radius 1 is 0.652 bits per heavy atom. The summed E-state index contributed by atoms with van der Waals surface area (Å²) < 4.78 is 30.2. The summed E-state index contributed by atoms with van der Waals surface area (Å²) in [5.74, 6) is -1.86. The van der Waals surface area contributed by atoms with Crippen molar-refractivity contribution < 1.29 is 67.1 Å². The summed E-state index contributed by atoms with van der Waals surface area (Å²) in [6.45, 7) is 6.23. The van der Waals surface area contributed by atoms with Crippen LogP contribution in [0.3, 0.4) is 0 Å². The quantitative estimate of drug-likeness (QED) is 0.0328. The van der Waals surface area contributed by atoms with Gasteiger partial charge in [0.2, 0.25) is 17.7 Å². The van der Waals surface area contributed by atoms with Crippen LogP contribution >= 0.6 is 0 Å². The van der Waals surface area contributed by atoms with Gasteiger partial charge in [-0.15, -0.1) is 0 Å². The van der Waals surface area contributed by atoms with Gasteiger partial charge in [0.1, 0.15) is 31.9 Å². The number of imide groups is 1. The predicted octanol–water partition coefficient (Wildman–Crippen LogP) is 7.36. The molecule has 5 N–H and O–H groups in total. The zero-order valence-corrected chi connectivity index (χ0v) is 51.8. The number of pyridine rings is 1. The van der Waals surface area contributed by atoms with E-state index in [4.69, 9.17) is 28.7 Å². The first kappa shape index (κ1) is 63.3. The van der Waals surface area contributed by atoms with E-state index in [-0.39, 0.29) is 104 Å². The van der Waals surface area contributed by atoms with Gasteiger partial charge in [0.25, 0.3) is 23.6 Å². The fourth-order valence-electron chi connectivity index (χ4n) is 12.1. The molecule has 5 aliphatic rings. The topological polar surface area (TPSA) is 277 Å².